The van der Waals surface area contributed by atoms with Crippen LogP contribution in [0, 0.1) is 12.8 Å². The Labute approximate surface area is 113 Å². The van der Waals surface area contributed by atoms with E-state index in [9.17, 15) is 8.42 Å². The molecule has 1 aromatic heterocycles. The Balaban J connectivity index is 0.00000162. The van der Waals surface area contributed by atoms with E-state index in [1.54, 1.807) is 14.0 Å². The molecule has 104 valence electrons. The quantitative estimate of drug-likeness (QED) is 0.827. The number of likely N-dealkylation sites (N-methyl/N-ethyl adjacent to an activating group) is 1. The van der Waals surface area contributed by atoms with E-state index in [0.717, 1.165) is 12.8 Å². The molecule has 0 aromatic carbocycles. The molecule has 1 fully saturated rings. The molecule has 8 heteroatoms. The van der Waals surface area contributed by atoms with E-state index >= 15 is 0 Å². The minimum atomic E-state index is -3.48. The van der Waals surface area contributed by atoms with Crippen LogP contribution in [0.4, 0.5) is 0 Å². The number of aromatic nitrogens is 2. The topological polar surface area (TPSA) is 92.1 Å². The molecule has 6 nitrogen and oxygen atoms in total. The molecule has 2 rings (SSSR count). The van der Waals surface area contributed by atoms with Gasteiger partial charge in [-0.2, -0.15) is 9.40 Å². The van der Waals surface area contributed by atoms with Crippen molar-refractivity contribution in [1.29, 1.82) is 0 Å². The van der Waals surface area contributed by atoms with Gasteiger partial charge in [0, 0.05) is 19.6 Å². The van der Waals surface area contributed by atoms with Crippen molar-refractivity contribution in [1.82, 2.24) is 14.5 Å². The normalized spacial score (nSPS) is 17.6. The van der Waals surface area contributed by atoms with E-state index < -0.39 is 10.0 Å². The molecule has 1 atom stereocenters. The molecule has 0 saturated heterocycles. The molecule has 1 unspecified atom stereocenters. The average molecular weight is 295 g/mol. The highest BCUT2D eigenvalue weighted by molar-refractivity contribution is 7.89. The number of aromatic amines is 1. The van der Waals surface area contributed by atoms with Crippen LogP contribution in [0.2, 0.25) is 0 Å². The molecule has 1 heterocycles. The van der Waals surface area contributed by atoms with Gasteiger partial charge in [-0.15, -0.1) is 12.4 Å². The Bertz CT molecular complexity index is 498. The van der Waals surface area contributed by atoms with Crippen molar-refractivity contribution in [2.75, 3.05) is 13.6 Å². The Hall–Kier alpha value is -0.630. The second kappa shape index (κ2) is 5.56. The van der Waals surface area contributed by atoms with Crippen LogP contribution in [0.1, 0.15) is 18.5 Å². The van der Waals surface area contributed by atoms with Gasteiger partial charge in [-0.25, -0.2) is 8.42 Å². The summed E-state index contributed by atoms with van der Waals surface area (Å²) in [6.07, 6.45) is 3.47. The molecule has 0 bridgehead atoms. The second-order valence-corrected chi connectivity index (χ2v) is 6.49. The van der Waals surface area contributed by atoms with Gasteiger partial charge in [-0.3, -0.25) is 5.10 Å². The first kappa shape index (κ1) is 15.4. The van der Waals surface area contributed by atoms with Crippen LogP contribution in [-0.2, 0) is 10.0 Å². The van der Waals surface area contributed by atoms with Crippen molar-refractivity contribution in [3.63, 3.8) is 0 Å². The first-order valence-electron chi connectivity index (χ1n) is 5.66. The van der Waals surface area contributed by atoms with E-state index in [1.807, 2.05) is 0 Å². The predicted molar refractivity (Wildman–Crippen MR) is 71.1 cm³/mol. The zero-order chi connectivity index (χ0) is 12.6. The number of nitrogens with one attached hydrogen (secondary N) is 1. The zero-order valence-electron chi connectivity index (χ0n) is 10.5. The fraction of sp³-hybridized carbons (Fsp3) is 0.700. The molecule has 3 N–H and O–H groups in total. The Morgan fingerprint density at radius 3 is 2.61 bits per heavy atom. The van der Waals surface area contributed by atoms with E-state index in [0.29, 0.717) is 18.2 Å². The molecule has 1 saturated carbocycles. The van der Waals surface area contributed by atoms with Gasteiger partial charge in [0.15, 0.2) is 0 Å². The van der Waals surface area contributed by atoms with Gasteiger partial charge in [0.1, 0.15) is 4.90 Å². The maximum Gasteiger partial charge on any atom is 0.246 e. The molecular formula is C10H19ClN4O2S. The Kier molecular flexibility index (Phi) is 4.77. The van der Waals surface area contributed by atoms with E-state index in [4.69, 9.17) is 5.73 Å². The fourth-order valence-electron chi connectivity index (χ4n) is 2.05. The summed E-state index contributed by atoms with van der Waals surface area (Å²) in [7, 11) is -1.89. The van der Waals surface area contributed by atoms with Gasteiger partial charge >= 0.3 is 0 Å². The van der Waals surface area contributed by atoms with Gasteiger partial charge in [0.05, 0.1) is 11.9 Å². The lowest BCUT2D eigenvalue weighted by Crippen LogP contribution is -2.43. The highest BCUT2D eigenvalue weighted by Gasteiger charge is 2.38. The third kappa shape index (κ3) is 2.69. The lowest BCUT2D eigenvalue weighted by atomic mass is 10.2. The number of rotatable bonds is 5. The number of aryl methyl sites for hydroxylation is 1. The van der Waals surface area contributed by atoms with Gasteiger partial charge in [0.2, 0.25) is 10.0 Å². The summed E-state index contributed by atoms with van der Waals surface area (Å²) >= 11 is 0. The molecule has 1 aliphatic rings. The Morgan fingerprint density at radius 2 is 2.22 bits per heavy atom. The SMILES string of the molecule is Cc1[nH]ncc1S(=O)(=O)N(C)C(CN)C1CC1.Cl. The fourth-order valence-corrected chi connectivity index (χ4v) is 3.60. The predicted octanol–water partition coefficient (Wildman–Crippen LogP) is 0.498. The van der Waals surface area contributed by atoms with Gasteiger partial charge in [0.25, 0.3) is 0 Å². The smallest absolute Gasteiger partial charge is 0.246 e. The summed E-state index contributed by atoms with van der Waals surface area (Å²) < 4.78 is 26.1. The van der Waals surface area contributed by atoms with Crippen molar-refractivity contribution < 1.29 is 8.42 Å². The number of nitrogens with zero attached hydrogens (tertiary/aromatic N) is 2. The number of H-pyrrole nitrogens is 1. The van der Waals surface area contributed by atoms with Crippen molar-refractivity contribution in [2.24, 2.45) is 11.7 Å². The molecule has 0 spiro atoms. The highest BCUT2D eigenvalue weighted by atomic mass is 35.5. The number of halogens is 1. The van der Waals surface area contributed by atoms with Gasteiger partial charge in [-0.05, 0) is 25.7 Å². The largest absolute Gasteiger partial charge is 0.329 e. The summed E-state index contributed by atoms with van der Waals surface area (Å²) in [5, 5.41) is 6.40. The number of hydrogen-bond donors (Lipinski definition) is 2. The van der Waals surface area contributed by atoms with Crippen LogP contribution in [0.5, 0.6) is 0 Å². The minimum Gasteiger partial charge on any atom is -0.329 e. The Morgan fingerprint density at radius 1 is 1.61 bits per heavy atom. The van der Waals surface area contributed by atoms with Crippen molar-refractivity contribution in [3.8, 4) is 0 Å². The average Bonchev–Trinajstić information content (AvgIpc) is 3.01. The summed E-state index contributed by atoms with van der Waals surface area (Å²) in [5.74, 6) is 0.409. The summed E-state index contributed by atoms with van der Waals surface area (Å²) in [5.41, 5.74) is 6.23. The van der Waals surface area contributed by atoms with Crippen LogP contribution >= 0.6 is 12.4 Å². The lowest BCUT2D eigenvalue weighted by molar-refractivity contribution is 0.340. The maximum absolute atomic E-state index is 12.4. The molecule has 18 heavy (non-hydrogen) atoms. The van der Waals surface area contributed by atoms with Crippen molar-refractivity contribution in [2.45, 2.75) is 30.7 Å². The van der Waals surface area contributed by atoms with Crippen LogP contribution in [0.3, 0.4) is 0 Å². The van der Waals surface area contributed by atoms with Gasteiger partial charge in [-0.1, -0.05) is 0 Å². The van der Waals surface area contributed by atoms with E-state index in [2.05, 4.69) is 10.2 Å². The van der Waals surface area contributed by atoms with E-state index in [1.165, 1.54) is 10.5 Å². The maximum atomic E-state index is 12.4. The molecule has 1 aromatic rings. The van der Waals surface area contributed by atoms with Crippen molar-refractivity contribution in [3.05, 3.63) is 11.9 Å². The van der Waals surface area contributed by atoms with Crippen LogP contribution in [0.15, 0.2) is 11.1 Å². The van der Waals surface area contributed by atoms with Crippen LogP contribution < -0.4 is 5.73 Å². The number of sulfonamides is 1. The summed E-state index contributed by atoms with van der Waals surface area (Å²) in [6.45, 7) is 2.06. The summed E-state index contributed by atoms with van der Waals surface area (Å²) in [4.78, 5) is 0.235. The van der Waals surface area contributed by atoms with Gasteiger partial charge < -0.3 is 5.73 Å². The second-order valence-electron chi connectivity index (χ2n) is 4.52. The lowest BCUT2D eigenvalue weighted by Gasteiger charge is -2.26. The first-order valence-corrected chi connectivity index (χ1v) is 7.10. The molecule has 0 radical (unpaired) electrons. The standard InChI is InChI=1S/C10H18N4O2S.ClH/c1-7-10(6-12-13-7)17(15,16)14(2)9(5-11)8-3-4-8;/h6,8-9H,3-5,11H2,1-2H3,(H,12,13);1H. The molecule has 0 amide bonds. The highest BCUT2D eigenvalue weighted by Crippen LogP contribution is 2.36. The molecule has 0 aliphatic heterocycles. The monoisotopic (exact) mass is 294 g/mol. The van der Waals surface area contributed by atoms with E-state index in [-0.39, 0.29) is 23.3 Å². The van der Waals surface area contributed by atoms with Crippen molar-refractivity contribution >= 4 is 22.4 Å². The first-order chi connectivity index (χ1) is 7.98. The molecular weight excluding hydrogens is 276 g/mol. The molecule has 1 aliphatic carbocycles. The zero-order valence-corrected chi connectivity index (χ0v) is 12.1. The number of nitrogens with two attached hydrogens (primary N) is 1. The van der Waals surface area contributed by atoms with Crippen LogP contribution in [0.25, 0.3) is 0 Å². The van der Waals surface area contributed by atoms with Crippen LogP contribution in [-0.4, -0.2) is 42.6 Å². The third-order valence-electron chi connectivity index (χ3n) is 3.32. The third-order valence-corrected chi connectivity index (χ3v) is 5.31. The summed E-state index contributed by atoms with van der Waals surface area (Å²) in [6, 6.07) is -0.103. The number of hydrogen-bond acceptors (Lipinski definition) is 4. The minimum absolute atomic E-state index is 0.